The second-order valence-corrected chi connectivity index (χ2v) is 3.59. The molecule has 15 heavy (non-hydrogen) atoms. The normalized spacial score (nSPS) is 19.9. The van der Waals surface area contributed by atoms with Gasteiger partial charge in [0, 0.05) is 12.8 Å². The van der Waals surface area contributed by atoms with Crippen LogP contribution in [0.2, 0.25) is 0 Å². The van der Waals surface area contributed by atoms with E-state index in [-0.39, 0.29) is 0 Å². The second kappa shape index (κ2) is 4.96. The number of nitrogens with zero attached hydrogens (tertiary/aromatic N) is 2. The lowest BCUT2D eigenvalue weighted by molar-refractivity contribution is 0.0940. The predicted molar refractivity (Wildman–Crippen MR) is 57.1 cm³/mol. The van der Waals surface area contributed by atoms with Crippen molar-refractivity contribution in [2.75, 3.05) is 13.2 Å². The van der Waals surface area contributed by atoms with Gasteiger partial charge >= 0.3 is 0 Å². The Morgan fingerprint density at radius 1 is 1.67 bits per heavy atom. The largest absolute Gasteiger partial charge is 0.376 e. The highest BCUT2D eigenvalue weighted by Gasteiger charge is 2.15. The molecule has 1 fully saturated rings. The van der Waals surface area contributed by atoms with Crippen molar-refractivity contribution in [2.24, 2.45) is 5.73 Å². The first kappa shape index (κ1) is 10.2. The van der Waals surface area contributed by atoms with Crippen LogP contribution < -0.4 is 5.73 Å². The van der Waals surface area contributed by atoms with Crippen molar-refractivity contribution in [2.45, 2.75) is 25.5 Å². The molecule has 1 aliphatic rings. The van der Waals surface area contributed by atoms with Crippen molar-refractivity contribution >= 4 is 0 Å². The molecule has 1 aliphatic heterocycles. The quantitative estimate of drug-likeness (QED) is 0.710. The van der Waals surface area contributed by atoms with Gasteiger partial charge in [-0.2, -0.15) is 5.10 Å². The van der Waals surface area contributed by atoms with Crippen LogP contribution in [-0.2, 0) is 11.3 Å². The summed E-state index contributed by atoms with van der Waals surface area (Å²) in [5.74, 6) is 5.76. The van der Waals surface area contributed by atoms with E-state index in [1.807, 2.05) is 10.9 Å². The zero-order chi connectivity index (χ0) is 10.5. The molecule has 0 bridgehead atoms. The minimum Gasteiger partial charge on any atom is -0.376 e. The first-order chi connectivity index (χ1) is 7.38. The minimum absolute atomic E-state index is 0.320. The number of hydrogen-bond acceptors (Lipinski definition) is 3. The summed E-state index contributed by atoms with van der Waals surface area (Å²) in [5, 5.41) is 4.23. The van der Waals surface area contributed by atoms with Gasteiger partial charge in [0.05, 0.1) is 31.0 Å². The molecule has 0 spiro atoms. The Morgan fingerprint density at radius 2 is 2.60 bits per heavy atom. The van der Waals surface area contributed by atoms with Crippen LogP contribution in [0.5, 0.6) is 0 Å². The second-order valence-electron chi connectivity index (χ2n) is 3.59. The SMILES string of the molecule is NCC#Cc1cnn(C[C@H]2CCCO2)c1. The van der Waals surface area contributed by atoms with Crippen LogP contribution in [0.1, 0.15) is 18.4 Å². The van der Waals surface area contributed by atoms with Gasteiger partial charge in [-0.3, -0.25) is 4.68 Å². The van der Waals surface area contributed by atoms with Crippen LogP contribution in [0.25, 0.3) is 0 Å². The van der Waals surface area contributed by atoms with Crippen LogP contribution in [0, 0.1) is 11.8 Å². The van der Waals surface area contributed by atoms with Crippen LogP contribution in [0.15, 0.2) is 12.4 Å². The Labute approximate surface area is 89.4 Å². The molecule has 1 aromatic rings. The number of nitrogens with two attached hydrogens (primary N) is 1. The zero-order valence-electron chi connectivity index (χ0n) is 8.65. The number of aromatic nitrogens is 2. The molecular weight excluding hydrogens is 190 g/mol. The first-order valence-corrected chi connectivity index (χ1v) is 5.21. The highest BCUT2D eigenvalue weighted by atomic mass is 16.5. The fraction of sp³-hybridized carbons (Fsp3) is 0.545. The van der Waals surface area contributed by atoms with E-state index in [1.54, 1.807) is 6.20 Å². The smallest absolute Gasteiger partial charge is 0.0771 e. The van der Waals surface area contributed by atoms with E-state index in [4.69, 9.17) is 10.5 Å². The van der Waals surface area contributed by atoms with Crippen molar-refractivity contribution in [3.05, 3.63) is 18.0 Å². The summed E-state index contributed by atoms with van der Waals surface area (Å²) in [6.07, 6.45) is 6.30. The molecule has 4 heteroatoms. The Hall–Kier alpha value is -1.31. The van der Waals surface area contributed by atoms with Crippen LogP contribution in [0.3, 0.4) is 0 Å². The molecule has 0 amide bonds. The van der Waals surface area contributed by atoms with E-state index in [0.717, 1.165) is 31.6 Å². The van der Waals surface area contributed by atoms with Gasteiger partial charge in [-0.05, 0) is 12.8 Å². The first-order valence-electron chi connectivity index (χ1n) is 5.21. The van der Waals surface area contributed by atoms with Crippen molar-refractivity contribution in [3.63, 3.8) is 0 Å². The molecule has 1 atom stereocenters. The van der Waals surface area contributed by atoms with E-state index in [9.17, 15) is 0 Å². The van der Waals surface area contributed by atoms with Crippen molar-refractivity contribution in [3.8, 4) is 11.8 Å². The summed E-state index contributed by atoms with van der Waals surface area (Å²) in [4.78, 5) is 0. The molecule has 2 rings (SSSR count). The van der Waals surface area contributed by atoms with Crippen molar-refractivity contribution < 1.29 is 4.74 Å². The molecule has 0 saturated carbocycles. The van der Waals surface area contributed by atoms with Gasteiger partial charge in [0.1, 0.15) is 0 Å². The Balaban J connectivity index is 1.94. The van der Waals surface area contributed by atoms with Gasteiger partial charge in [0.15, 0.2) is 0 Å². The third-order valence-electron chi connectivity index (χ3n) is 2.38. The predicted octanol–water partition coefficient (Wildman–Crippen LogP) is 0.372. The number of ether oxygens (including phenoxy) is 1. The average Bonchev–Trinajstić information content (AvgIpc) is 2.87. The van der Waals surface area contributed by atoms with E-state index >= 15 is 0 Å². The van der Waals surface area contributed by atoms with Crippen molar-refractivity contribution in [1.82, 2.24) is 9.78 Å². The minimum atomic E-state index is 0.320. The van der Waals surface area contributed by atoms with Gasteiger partial charge in [0.25, 0.3) is 0 Å². The van der Waals surface area contributed by atoms with Crippen LogP contribution >= 0.6 is 0 Å². The van der Waals surface area contributed by atoms with E-state index in [1.165, 1.54) is 0 Å². The van der Waals surface area contributed by atoms with Gasteiger partial charge in [-0.1, -0.05) is 11.8 Å². The highest BCUT2D eigenvalue weighted by Crippen LogP contribution is 2.13. The fourth-order valence-corrected chi connectivity index (χ4v) is 1.68. The lowest BCUT2D eigenvalue weighted by Crippen LogP contribution is -2.15. The fourth-order valence-electron chi connectivity index (χ4n) is 1.68. The molecule has 4 nitrogen and oxygen atoms in total. The van der Waals surface area contributed by atoms with Gasteiger partial charge in [0.2, 0.25) is 0 Å². The molecule has 1 saturated heterocycles. The van der Waals surface area contributed by atoms with Crippen LogP contribution in [-0.4, -0.2) is 29.0 Å². The molecule has 0 radical (unpaired) electrons. The Bertz CT molecular complexity index is 369. The summed E-state index contributed by atoms with van der Waals surface area (Å²) in [5.41, 5.74) is 6.21. The summed E-state index contributed by atoms with van der Waals surface area (Å²) in [6.45, 7) is 2.09. The molecule has 80 valence electrons. The maximum absolute atomic E-state index is 5.53. The number of hydrogen-bond donors (Lipinski definition) is 1. The van der Waals surface area contributed by atoms with E-state index in [0.29, 0.717) is 12.6 Å². The maximum atomic E-state index is 5.53. The number of rotatable bonds is 2. The summed E-state index contributed by atoms with van der Waals surface area (Å²) in [7, 11) is 0. The maximum Gasteiger partial charge on any atom is 0.0771 e. The molecule has 0 unspecified atom stereocenters. The Morgan fingerprint density at radius 3 is 3.33 bits per heavy atom. The third kappa shape index (κ3) is 2.82. The molecule has 0 aliphatic carbocycles. The Kier molecular flexibility index (Phi) is 3.38. The average molecular weight is 205 g/mol. The third-order valence-corrected chi connectivity index (χ3v) is 2.38. The zero-order valence-corrected chi connectivity index (χ0v) is 8.65. The van der Waals surface area contributed by atoms with E-state index in [2.05, 4.69) is 16.9 Å². The monoisotopic (exact) mass is 205 g/mol. The molecule has 0 aromatic carbocycles. The summed E-state index contributed by atoms with van der Waals surface area (Å²) in [6, 6.07) is 0. The van der Waals surface area contributed by atoms with E-state index < -0.39 is 0 Å². The lowest BCUT2D eigenvalue weighted by Gasteiger charge is -2.08. The van der Waals surface area contributed by atoms with Gasteiger partial charge < -0.3 is 10.5 Å². The highest BCUT2D eigenvalue weighted by molar-refractivity contribution is 5.29. The molecule has 1 aromatic heterocycles. The van der Waals surface area contributed by atoms with Crippen molar-refractivity contribution in [1.29, 1.82) is 0 Å². The summed E-state index contributed by atoms with van der Waals surface area (Å²) >= 11 is 0. The lowest BCUT2D eigenvalue weighted by atomic mass is 10.2. The van der Waals surface area contributed by atoms with Gasteiger partial charge in [-0.25, -0.2) is 0 Å². The van der Waals surface area contributed by atoms with Gasteiger partial charge in [-0.15, -0.1) is 0 Å². The summed E-state index contributed by atoms with van der Waals surface area (Å²) < 4.78 is 7.42. The molecule has 2 N–H and O–H groups in total. The molecular formula is C11H15N3O. The molecule has 2 heterocycles. The van der Waals surface area contributed by atoms with Crippen LogP contribution in [0.4, 0.5) is 0 Å². The standard InChI is InChI=1S/C11H15N3O/c12-5-1-3-10-7-13-14(8-10)9-11-4-2-6-15-11/h7-8,11H,2,4-6,9,12H2/t11-/m1/s1. The topological polar surface area (TPSA) is 53.1 Å².